The van der Waals surface area contributed by atoms with Crippen LogP contribution in [0.2, 0.25) is 0 Å². The second kappa shape index (κ2) is 5.11. The molecule has 1 amide bonds. The van der Waals surface area contributed by atoms with Crippen molar-refractivity contribution in [2.45, 2.75) is 57.9 Å². The predicted molar refractivity (Wildman–Crippen MR) is 78.4 cm³/mol. The molecule has 2 fully saturated rings. The van der Waals surface area contributed by atoms with E-state index >= 15 is 0 Å². The Balaban J connectivity index is 1.69. The number of carbonyl (C=O) groups excluding carboxylic acids is 1. The number of amides is 1. The van der Waals surface area contributed by atoms with Crippen molar-refractivity contribution in [1.29, 1.82) is 0 Å². The quantitative estimate of drug-likeness (QED) is 0.792. The van der Waals surface area contributed by atoms with Crippen LogP contribution >= 0.6 is 0 Å². The molecular formula is C15H24N4O. The molecule has 0 bridgehead atoms. The van der Waals surface area contributed by atoms with Crippen molar-refractivity contribution in [3.8, 4) is 0 Å². The lowest BCUT2D eigenvalue weighted by atomic mass is 9.78. The molecule has 0 saturated heterocycles. The van der Waals surface area contributed by atoms with E-state index in [1.165, 1.54) is 12.8 Å². The van der Waals surface area contributed by atoms with Crippen LogP contribution in [0.3, 0.4) is 0 Å². The fourth-order valence-electron chi connectivity index (χ4n) is 3.24. The smallest absolute Gasteiger partial charge is 0.274 e. The summed E-state index contributed by atoms with van der Waals surface area (Å²) in [6.07, 6.45) is 5.77. The number of nitrogens with one attached hydrogen (secondary N) is 2. The van der Waals surface area contributed by atoms with Crippen LogP contribution < -0.4 is 11.1 Å². The minimum atomic E-state index is -0.128. The number of hydrogen-bond donors (Lipinski definition) is 3. The van der Waals surface area contributed by atoms with E-state index in [-0.39, 0.29) is 11.9 Å². The van der Waals surface area contributed by atoms with Gasteiger partial charge in [-0.05, 0) is 31.1 Å². The summed E-state index contributed by atoms with van der Waals surface area (Å²) in [5.74, 6) is 1.53. The van der Waals surface area contributed by atoms with Crippen LogP contribution in [0.4, 0.5) is 5.69 Å². The summed E-state index contributed by atoms with van der Waals surface area (Å²) in [5, 5.41) is 10.2. The molecule has 3 rings (SSSR count). The van der Waals surface area contributed by atoms with Crippen LogP contribution in [0.1, 0.15) is 68.1 Å². The Morgan fingerprint density at radius 1 is 1.30 bits per heavy atom. The van der Waals surface area contributed by atoms with Crippen molar-refractivity contribution in [2.75, 3.05) is 5.73 Å². The lowest BCUT2D eigenvalue weighted by Gasteiger charge is -2.34. The summed E-state index contributed by atoms with van der Waals surface area (Å²) < 4.78 is 0. The third-order valence-electron chi connectivity index (χ3n) is 5.06. The zero-order valence-electron chi connectivity index (χ0n) is 12.3. The molecule has 2 saturated carbocycles. The highest BCUT2D eigenvalue weighted by atomic mass is 16.2. The number of aromatic amines is 1. The predicted octanol–water partition coefficient (Wildman–Crippen LogP) is 2.42. The fourth-order valence-corrected chi connectivity index (χ4v) is 3.24. The summed E-state index contributed by atoms with van der Waals surface area (Å²) >= 11 is 0. The van der Waals surface area contributed by atoms with Gasteiger partial charge in [-0.1, -0.05) is 26.7 Å². The third-order valence-corrected chi connectivity index (χ3v) is 5.06. The van der Waals surface area contributed by atoms with Gasteiger partial charge >= 0.3 is 0 Å². The Kier molecular flexibility index (Phi) is 3.44. The second-order valence-corrected chi connectivity index (χ2v) is 6.52. The lowest BCUT2D eigenvalue weighted by Crippen LogP contribution is -2.44. The van der Waals surface area contributed by atoms with Crippen LogP contribution in [0.5, 0.6) is 0 Å². The van der Waals surface area contributed by atoms with E-state index in [1.54, 1.807) is 0 Å². The highest BCUT2D eigenvalue weighted by molar-refractivity contribution is 5.97. The molecule has 1 aromatic rings. The second-order valence-electron chi connectivity index (χ2n) is 6.52. The Morgan fingerprint density at radius 3 is 2.75 bits per heavy atom. The van der Waals surface area contributed by atoms with Gasteiger partial charge < -0.3 is 11.1 Å². The highest BCUT2D eigenvalue weighted by Gasteiger charge is 2.32. The van der Waals surface area contributed by atoms with Gasteiger partial charge in [0, 0.05) is 12.0 Å². The molecule has 3 unspecified atom stereocenters. The first-order valence-corrected chi connectivity index (χ1v) is 7.72. The van der Waals surface area contributed by atoms with Gasteiger partial charge in [0.25, 0.3) is 5.91 Å². The largest absolute Gasteiger partial charge is 0.395 e. The zero-order valence-corrected chi connectivity index (χ0v) is 12.3. The summed E-state index contributed by atoms with van der Waals surface area (Å²) in [4.78, 5) is 12.4. The number of rotatable bonds is 3. The first kappa shape index (κ1) is 13.5. The average molecular weight is 276 g/mol. The van der Waals surface area contributed by atoms with Gasteiger partial charge in [0.2, 0.25) is 0 Å². The van der Waals surface area contributed by atoms with Crippen LogP contribution in [-0.2, 0) is 0 Å². The maximum atomic E-state index is 12.4. The van der Waals surface area contributed by atoms with Gasteiger partial charge in [-0.2, -0.15) is 5.10 Å². The molecule has 2 aliphatic rings. The first-order valence-electron chi connectivity index (χ1n) is 7.72. The standard InChI is InChI=1S/C15H24N4O/c1-8-4-3-5-11(9(8)2)17-15(20)14-12(16)13(18-19-14)10-6-7-10/h8-11H,3-7,16H2,1-2H3,(H,17,20)(H,18,19). The molecule has 3 atom stereocenters. The van der Waals surface area contributed by atoms with Crippen molar-refractivity contribution < 1.29 is 4.79 Å². The molecule has 110 valence electrons. The van der Waals surface area contributed by atoms with E-state index in [0.717, 1.165) is 25.0 Å². The van der Waals surface area contributed by atoms with E-state index in [9.17, 15) is 4.79 Å². The van der Waals surface area contributed by atoms with Crippen LogP contribution in [-0.4, -0.2) is 22.1 Å². The maximum Gasteiger partial charge on any atom is 0.274 e. The Bertz CT molecular complexity index is 506. The third kappa shape index (κ3) is 2.41. The summed E-state index contributed by atoms with van der Waals surface area (Å²) in [6.45, 7) is 4.48. The molecule has 20 heavy (non-hydrogen) atoms. The fraction of sp³-hybridized carbons (Fsp3) is 0.733. The maximum absolute atomic E-state index is 12.4. The number of hydrogen-bond acceptors (Lipinski definition) is 3. The lowest BCUT2D eigenvalue weighted by molar-refractivity contribution is 0.0887. The SMILES string of the molecule is CC1CCCC(NC(=O)c2n[nH]c(C3CC3)c2N)C1C. The van der Waals surface area contributed by atoms with Gasteiger partial charge in [0.15, 0.2) is 5.69 Å². The molecule has 0 aliphatic heterocycles. The molecule has 1 heterocycles. The van der Waals surface area contributed by atoms with Crippen LogP contribution in [0.15, 0.2) is 0 Å². The number of nitrogens with two attached hydrogens (primary N) is 1. The van der Waals surface area contributed by atoms with E-state index in [1.807, 2.05) is 0 Å². The van der Waals surface area contributed by atoms with E-state index in [2.05, 4.69) is 29.4 Å². The van der Waals surface area contributed by atoms with E-state index in [0.29, 0.717) is 29.1 Å². The number of nitrogens with zero attached hydrogens (tertiary/aromatic N) is 1. The van der Waals surface area contributed by atoms with E-state index < -0.39 is 0 Å². The van der Waals surface area contributed by atoms with Gasteiger partial charge in [-0.3, -0.25) is 9.89 Å². The number of aromatic nitrogens is 2. The van der Waals surface area contributed by atoms with Gasteiger partial charge in [0.05, 0.1) is 11.4 Å². The topological polar surface area (TPSA) is 83.8 Å². The van der Waals surface area contributed by atoms with Crippen molar-refractivity contribution >= 4 is 11.6 Å². The minimum Gasteiger partial charge on any atom is -0.395 e. The summed E-state index contributed by atoms with van der Waals surface area (Å²) in [7, 11) is 0. The Labute approximate surface area is 119 Å². The molecule has 5 heteroatoms. The van der Waals surface area contributed by atoms with Gasteiger partial charge in [-0.25, -0.2) is 0 Å². The first-order chi connectivity index (χ1) is 9.58. The molecule has 0 aromatic carbocycles. The number of carbonyl (C=O) groups is 1. The molecule has 1 aromatic heterocycles. The number of anilines is 1. The zero-order chi connectivity index (χ0) is 14.3. The highest BCUT2D eigenvalue weighted by Crippen LogP contribution is 2.42. The van der Waals surface area contributed by atoms with Crippen LogP contribution in [0, 0.1) is 11.8 Å². The minimum absolute atomic E-state index is 0.128. The van der Waals surface area contributed by atoms with Crippen LogP contribution in [0.25, 0.3) is 0 Å². The van der Waals surface area contributed by atoms with Gasteiger partial charge in [-0.15, -0.1) is 0 Å². The van der Waals surface area contributed by atoms with Crippen molar-refractivity contribution in [3.63, 3.8) is 0 Å². The number of H-pyrrole nitrogens is 1. The summed E-state index contributed by atoms with van der Waals surface area (Å²) in [5.41, 5.74) is 7.92. The molecule has 4 N–H and O–H groups in total. The molecule has 0 radical (unpaired) electrons. The Hall–Kier alpha value is -1.52. The molecule has 0 spiro atoms. The molecule has 5 nitrogen and oxygen atoms in total. The van der Waals surface area contributed by atoms with Crippen molar-refractivity contribution in [3.05, 3.63) is 11.4 Å². The number of nitrogen functional groups attached to an aromatic ring is 1. The normalized spacial score (nSPS) is 30.2. The van der Waals surface area contributed by atoms with Crippen molar-refractivity contribution in [1.82, 2.24) is 15.5 Å². The summed E-state index contributed by atoms with van der Waals surface area (Å²) in [6, 6.07) is 0.242. The van der Waals surface area contributed by atoms with Gasteiger partial charge in [0.1, 0.15) is 0 Å². The van der Waals surface area contributed by atoms with E-state index in [4.69, 9.17) is 5.73 Å². The molecule has 2 aliphatic carbocycles. The molecular weight excluding hydrogens is 252 g/mol. The average Bonchev–Trinajstić information content (AvgIpc) is 3.18. The van der Waals surface area contributed by atoms with Crippen molar-refractivity contribution in [2.24, 2.45) is 11.8 Å². The monoisotopic (exact) mass is 276 g/mol. The Morgan fingerprint density at radius 2 is 2.05 bits per heavy atom.